The third-order valence-corrected chi connectivity index (χ3v) is 3.07. The van der Waals surface area contributed by atoms with Gasteiger partial charge in [0.2, 0.25) is 0 Å². The molecule has 1 saturated heterocycles. The van der Waals surface area contributed by atoms with Crippen LogP contribution in [0.1, 0.15) is 12.1 Å². The molecular formula is C11H15N3OS. The lowest BCUT2D eigenvalue weighted by molar-refractivity contribution is 0.193. The fourth-order valence-corrected chi connectivity index (χ4v) is 1.90. The van der Waals surface area contributed by atoms with Crippen LogP contribution in [0.25, 0.3) is 0 Å². The van der Waals surface area contributed by atoms with Gasteiger partial charge in [0.25, 0.3) is 0 Å². The van der Waals surface area contributed by atoms with Crippen LogP contribution in [-0.4, -0.2) is 36.3 Å². The molecule has 0 bridgehead atoms. The maximum atomic E-state index is 5.50. The Labute approximate surface area is 100 Å². The molecule has 1 atom stereocenters. The minimum absolute atomic E-state index is 0.332. The molecule has 0 amide bonds. The second-order valence-electron chi connectivity index (χ2n) is 3.89. The summed E-state index contributed by atoms with van der Waals surface area (Å²) in [6.07, 6.45) is 2.86. The summed E-state index contributed by atoms with van der Waals surface area (Å²) in [5, 5.41) is 0. The first-order valence-electron chi connectivity index (χ1n) is 5.25. The van der Waals surface area contributed by atoms with Crippen LogP contribution in [0, 0.1) is 0 Å². The van der Waals surface area contributed by atoms with Crippen LogP contribution in [0.2, 0.25) is 0 Å². The molecule has 1 aliphatic heterocycles. The highest BCUT2D eigenvalue weighted by Gasteiger charge is 2.20. The summed E-state index contributed by atoms with van der Waals surface area (Å²) in [4.78, 5) is 6.74. The molecule has 4 nitrogen and oxygen atoms in total. The van der Waals surface area contributed by atoms with Crippen molar-refractivity contribution in [1.29, 1.82) is 0 Å². The van der Waals surface area contributed by atoms with E-state index in [1.807, 2.05) is 12.1 Å². The van der Waals surface area contributed by atoms with E-state index >= 15 is 0 Å². The van der Waals surface area contributed by atoms with Gasteiger partial charge in [0.1, 0.15) is 4.99 Å². The molecule has 0 aromatic carbocycles. The fourth-order valence-electron chi connectivity index (χ4n) is 1.78. The maximum absolute atomic E-state index is 5.50. The second kappa shape index (κ2) is 4.76. The van der Waals surface area contributed by atoms with Crippen molar-refractivity contribution in [2.75, 3.05) is 25.2 Å². The molecule has 5 heteroatoms. The molecule has 2 rings (SSSR count). The molecule has 16 heavy (non-hydrogen) atoms. The molecule has 0 spiro atoms. The van der Waals surface area contributed by atoms with Gasteiger partial charge in [0, 0.05) is 13.7 Å². The van der Waals surface area contributed by atoms with Gasteiger partial charge in [-0.05, 0) is 18.6 Å². The lowest BCUT2D eigenvalue weighted by atomic mass is 10.2. The zero-order valence-corrected chi connectivity index (χ0v) is 10.0. The first-order chi connectivity index (χ1) is 7.68. The van der Waals surface area contributed by atoms with Crippen molar-refractivity contribution in [2.24, 2.45) is 5.73 Å². The zero-order chi connectivity index (χ0) is 11.5. The van der Waals surface area contributed by atoms with Gasteiger partial charge < -0.3 is 15.4 Å². The van der Waals surface area contributed by atoms with E-state index in [0.29, 0.717) is 16.7 Å². The predicted molar refractivity (Wildman–Crippen MR) is 67.8 cm³/mol. The third-order valence-electron chi connectivity index (χ3n) is 2.86. The number of ether oxygens (including phenoxy) is 1. The van der Waals surface area contributed by atoms with E-state index in [2.05, 4.69) is 16.9 Å². The van der Waals surface area contributed by atoms with Gasteiger partial charge >= 0.3 is 0 Å². The fraction of sp³-hybridized carbons (Fsp3) is 0.455. The van der Waals surface area contributed by atoms with Gasteiger partial charge in [-0.1, -0.05) is 12.2 Å². The van der Waals surface area contributed by atoms with Crippen LogP contribution < -0.4 is 10.6 Å². The number of hydrogen-bond donors (Lipinski definition) is 1. The Hall–Kier alpha value is -1.20. The summed E-state index contributed by atoms with van der Waals surface area (Å²) in [6, 6.07) is 4.28. The van der Waals surface area contributed by atoms with E-state index in [1.54, 1.807) is 6.20 Å². The van der Waals surface area contributed by atoms with E-state index in [0.717, 1.165) is 25.3 Å². The van der Waals surface area contributed by atoms with Gasteiger partial charge in [-0.15, -0.1) is 0 Å². The minimum atomic E-state index is 0.332. The second-order valence-corrected chi connectivity index (χ2v) is 4.33. The molecule has 1 unspecified atom stereocenters. The lowest BCUT2D eigenvalue weighted by Crippen LogP contribution is -2.31. The lowest BCUT2D eigenvalue weighted by Gasteiger charge is -2.25. The Morgan fingerprint density at radius 3 is 2.94 bits per heavy atom. The van der Waals surface area contributed by atoms with Gasteiger partial charge in [0.15, 0.2) is 0 Å². The van der Waals surface area contributed by atoms with E-state index < -0.39 is 0 Å². The highest BCUT2D eigenvalue weighted by molar-refractivity contribution is 7.80. The van der Waals surface area contributed by atoms with Crippen LogP contribution in [0.3, 0.4) is 0 Å². The highest BCUT2D eigenvalue weighted by atomic mass is 32.1. The largest absolute Gasteiger partial charge is 0.388 e. The molecule has 1 aromatic heterocycles. The van der Waals surface area contributed by atoms with Crippen LogP contribution in [0.15, 0.2) is 18.3 Å². The monoisotopic (exact) mass is 237 g/mol. The van der Waals surface area contributed by atoms with Gasteiger partial charge in [-0.25, -0.2) is 0 Å². The van der Waals surface area contributed by atoms with Crippen molar-refractivity contribution >= 4 is 22.9 Å². The summed E-state index contributed by atoms with van der Waals surface area (Å²) in [5.41, 5.74) is 7.22. The molecule has 86 valence electrons. The summed E-state index contributed by atoms with van der Waals surface area (Å²) in [6.45, 7) is 1.63. The predicted octanol–water partition coefficient (Wildman–Crippen LogP) is 0.941. The van der Waals surface area contributed by atoms with E-state index in [-0.39, 0.29) is 0 Å². The number of nitrogens with zero attached hydrogens (tertiary/aromatic N) is 2. The number of likely N-dealkylation sites (N-methyl/N-ethyl adjacent to an activating group) is 1. The number of pyridine rings is 1. The van der Waals surface area contributed by atoms with Crippen molar-refractivity contribution in [3.63, 3.8) is 0 Å². The van der Waals surface area contributed by atoms with Crippen molar-refractivity contribution in [3.05, 3.63) is 24.0 Å². The molecule has 0 aliphatic carbocycles. The number of thiocarbonyl (C=S) groups is 1. The maximum Gasteiger partial charge on any atom is 0.122 e. The van der Waals surface area contributed by atoms with E-state index in [4.69, 9.17) is 22.7 Å². The average molecular weight is 237 g/mol. The quantitative estimate of drug-likeness (QED) is 0.793. The van der Waals surface area contributed by atoms with Crippen molar-refractivity contribution in [3.8, 4) is 0 Å². The standard InChI is InChI=1S/C11H15N3OS/c1-14(9-4-5-15-7-9)8-2-3-10(11(12)16)13-6-8/h2-3,6,9H,4-5,7H2,1H3,(H2,12,16). The molecule has 2 N–H and O–H groups in total. The molecule has 1 aromatic rings. The topological polar surface area (TPSA) is 51.4 Å². The molecule has 1 aliphatic rings. The molecule has 0 radical (unpaired) electrons. The Morgan fingerprint density at radius 1 is 1.62 bits per heavy atom. The highest BCUT2D eigenvalue weighted by Crippen LogP contribution is 2.19. The summed E-state index contributed by atoms with van der Waals surface area (Å²) in [7, 11) is 2.05. The smallest absolute Gasteiger partial charge is 0.122 e. The summed E-state index contributed by atoms with van der Waals surface area (Å²) < 4.78 is 5.36. The Balaban J connectivity index is 2.11. The van der Waals surface area contributed by atoms with Crippen LogP contribution >= 0.6 is 12.2 Å². The van der Waals surface area contributed by atoms with E-state index in [1.165, 1.54) is 0 Å². The van der Waals surface area contributed by atoms with Gasteiger partial charge in [-0.2, -0.15) is 0 Å². The van der Waals surface area contributed by atoms with Crippen LogP contribution in [0.5, 0.6) is 0 Å². The minimum Gasteiger partial charge on any atom is -0.388 e. The third kappa shape index (κ3) is 2.31. The van der Waals surface area contributed by atoms with Crippen molar-refractivity contribution in [2.45, 2.75) is 12.5 Å². The number of aromatic nitrogens is 1. The Bertz CT molecular complexity index is 373. The summed E-state index contributed by atoms with van der Waals surface area (Å²) in [5.74, 6) is 0. The molecular weight excluding hydrogens is 222 g/mol. The molecule has 0 saturated carbocycles. The Morgan fingerprint density at radius 2 is 2.44 bits per heavy atom. The number of anilines is 1. The van der Waals surface area contributed by atoms with E-state index in [9.17, 15) is 0 Å². The first-order valence-corrected chi connectivity index (χ1v) is 5.66. The van der Waals surface area contributed by atoms with Crippen molar-refractivity contribution < 1.29 is 4.74 Å². The SMILES string of the molecule is CN(c1ccc(C(N)=S)nc1)C1CCOC1. The first kappa shape index (κ1) is 11.3. The number of nitrogens with two attached hydrogens (primary N) is 1. The average Bonchev–Trinajstić information content (AvgIpc) is 2.81. The van der Waals surface area contributed by atoms with Gasteiger partial charge in [-0.3, -0.25) is 4.98 Å². The van der Waals surface area contributed by atoms with Crippen LogP contribution in [-0.2, 0) is 4.74 Å². The zero-order valence-electron chi connectivity index (χ0n) is 9.22. The molecule has 2 heterocycles. The molecule has 1 fully saturated rings. The normalized spacial score (nSPS) is 19.7. The number of hydrogen-bond acceptors (Lipinski definition) is 4. The Kier molecular flexibility index (Phi) is 3.36. The summed E-state index contributed by atoms with van der Waals surface area (Å²) >= 11 is 4.86. The van der Waals surface area contributed by atoms with Gasteiger partial charge in [0.05, 0.1) is 30.2 Å². The van der Waals surface area contributed by atoms with Crippen molar-refractivity contribution in [1.82, 2.24) is 4.98 Å². The van der Waals surface area contributed by atoms with Crippen LogP contribution in [0.4, 0.5) is 5.69 Å². The number of rotatable bonds is 3.